The van der Waals surface area contributed by atoms with Crippen LogP contribution < -0.4 is 4.74 Å². The van der Waals surface area contributed by atoms with Crippen molar-refractivity contribution in [2.75, 3.05) is 13.2 Å². The van der Waals surface area contributed by atoms with E-state index in [2.05, 4.69) is 45.2 Å². The zero-order valence-electron chi connectivity index (χ0n) is 15.6. The summed E-state index contributed by atoms with van der Waals surface area (Å²) in [5, 5.41) is 0. The second-order valence-electron chi connectivity index (χ2n) is 6.99. The van der Waals surface area contributed by atoms with Gasteiger partial charge < -0.3 is 9.30 Å². The molecule has 1 aliphatic rings. The first-order valence-corrected chi connectivity index (χ1v) is 9.71. The van der Waals surface area contributed by atoms with Gasteiger partial charge in [-0.25, -0.2) is 4.98 Å². The van der Waals surface area contributed by atoms with Gasteiger partial charge >= 0.3 is 0 Å². The molecule has 2 aromatic heterocycles. The molecule has 1 aliphatic heterocycles. The summed E-state index contributed by atoms with van der Waals surface area (Å²) >= 11 is 0. The Kier molecular flexibility index (Phi) is 5.80. The third kappa shape index (κ3) is 4.55. The molecule has 1 atom stereocenters. The Labute approximate surface area is 160 Å². The fraction of sp³-hybridized carbons (Fsp3) is 0.364. The molecule has 0 bridgehead atoms. The van der Waals surface area contributed by atoms with E-state index in [1.807, 2.05) is 35.4 Å². The van der Waals surface area contributed by atoms with Crippen molar-refractivity contribution >= 4 is 0 Å². The lowest BCUT2D eigenvalue weighted by Crippen LogP contribution is -2.33. The minimum atomic E-state index is 0.388. The number of aromatic nitrogens is 3. The molecule has 27 heavy (non-hydrogen) atoms. The maximum absolute atomic E-state index is 6.10. The van der Waals surface area contributed by atoms with Crippen molar-refractivity contribution in [3.63, 3.8) is 0 Å². The Morgan fingerprint density at radius 2 is 1.96 bits per heavy atom. The molecule has 0 saturated carbocycles. The third-order valence-electron chi connectivity index (χ3n) is 5.16. The van der Waals surface area contributed by atoms with E-state index in [9.17, 15) is 0 Å². The number of piperidine rings is 1. The molecular formula is C22H26N4O. The molecule has 5 nitrogen and oxygen atoms in total. The van der Waals surface area contributed by atoms with Gasteiger partial charge in [-0.1, -0.05) is 30.7 Å². The van der Waals surface area contributed by atoms with Crippen molar-refractivity contribution in [3.05, 3.63) is 78.6 Å². The molecule has 0 amide bonds. The second kappa shape index (κ2) is 8.82. The molecule has 0 radical (unpaired) electrons. The summed E-state index contributed by atoms with van der Waals surface area (Å²) in [7, 11) is 0. The number of nitrogens with zero attached hydrogens (tertiary/aromatic N) is 4. The number of para-hydroxylation sites is 1. The lowest BCUT2D eigenvalue weighted by atomic mass is 9.98. The van der Waals surface area contributed by atoms with Crippen molar-refractivity contribution in [2.45, 2.75) is 38.4 Å². The van der Waals surface area contributed by atoms with Gasteiger partial charge in [-0.05, 0) is 37.6 Å². The van der Waals surface area contributed by atoms with Gasteiger partial charge in [-0.3, -0.25) is 9.88 Å². The summed E-state index contributed by atoms with van der Waals surface area (Å²) in [6.45, 7) is 3.43. The number of likely N-dealkylation sites (tertiary alicyclic amines) is 1. The van der Waals surface area contributed by atoms with E-state index in [1.165, 1.54) is 30.5 Å². The van der Waals surface area contributed by atoms with Crippen molar-refractivity contribution in [2.24, 2.45) is 0 Å². The van der Waals surface area contributed by atoms with Crippen LogP contribution in [0.25, 0.3) is 0 Å². The molecule has 1 saturated heterocycles. The van der Waals surface area contributed by atoms with Gasteiger partial charge in [-0.15, -0.1) is 0 Å². The van der Waals surface area contributed by atoms with Gasteiger partial charge in [0.2, 0.25) is 0 Å². The van der Waals surface area contributed by atoms with E-state index in [1.54, 1.807) is 6.20 Å². The molecule has 5 heteroatoms. The minimum absolute atomic E-state index is 0.388. The highest BCUT2D eigenvalue weighted by Crippen LogP contribution is 2.32. The lowest BCUT2D eigenvalue weighted by Gasteiger charge is -2.35. The van der Waals surface area contributed by atoms with Crippen LogP contribution in [0.15, 0.2) is 67.4 Å². The third-order valence-corrected chi connectivity index (χ3v) is 5.16. The first kappa shape index (κ1) is 17.7. The average molecular weight is 362 g/mol. The van der Waals surface area contributed by atoms with Crippen LogP contribution in [0.5, 0.6) is 5.75 Å². The topological polar surface area (TPSA) is 43.2 Å². The molecule has 0 N–H and O–H groups in total. The van der Waals surface area contributed by atoms with Crippen molar-refractivity contribution in [1.29, 1.82) is 0 Å². The number of hydrogen-bond acceptors (Lipinski definition) is 4. The molecule has 3 heterocycles. The van der Waals surface area contributed by atoms with E-state index in [0.717, 1.165) is 25.4 Å². The SMILES string of the molecule is c1ccc([C@@H]2CCCCN2Cc2ccccc2OCCn2ccnc2)nc1. The normalized spacial score (nSPS) is 17.7. The largest absolute Gasteiger partial charge is 0.491 e. The molecular weight excluding hydrogens is 336 g/mol. The Hall–Kier alpha value is -2.66. The quantitative estimate of drug-likeness (QED) is 0.635. The molecule has 0 spiro atoms. The first-order chi connectivity index (χ1) is 13.4. The minimum Gasteiger partial charge on any atom is -0.491 e. The highest BCUT2D eigenvalue weighted by molar-refractivity contribution is 5.33. The first-order valence-electron chi connectivity index (χ1n) is 9.71. The van der Waals surface area contributed by atoms with Crippen LogP contribution in [0.1, 0.15) is 36.6 Å². The summed E-state index contributed by atoms with van der Waals surface area (Å²) in [6.07, 6.45) is 11.1. The van der Waals surface area contributed by atoms with Crippen LogP contribution in [0.3, 0.4) is 0 Å². The predicted molar refractivity (Wildman–Crippen MR) is 105 cm³/mol. The van der Waals surface area contributed by atoms with Gasteiger partial charge in [0.15, 0.2) is 0 Å². The zero-order chi connectivity index (χ0) is 18.3. The maximum Gasteiger partial charge on any atom is 0.123 e. The Morgan fingerprint density at radius 3 is 2.81 bits per heavy atom. The second-order valence-corrected chi connectivity index (χ2v) is 6.99. The smallest absolute Gasteiger partial charge is 0.123 e. The van der Waals surface area contributed by atoms with Crippen LogP contribution in [-0.2, 0) is 13.1 Å². The van der Waals surface area contributed by atoms with E-state index in [-0.39, 0.29) is 0 Å². The van der Waals surface area contributed by atoms with Crippen molar-refractivity contribution in [3.8, 4) is 5.75 Å². The van der Waals surface area contributed by atoms with Crippen LogP contribution in [0.2, 0.25) is 0 Å². The van der Waals surface area contributed by atoms with E-state index in [4.69, 9.17) is 4.74 Å². The van der Waals surface area contributed by atoms with Crippen LogP contribution in [-0.4, -0.2) is 32.6 Å². The van der Waals surface area contributed by atoms with Crippen LogP contribution in [0.4, 0.5) is 0 Å². The van der Waals surface area contributed by atoms with E-state index in [0.29, 0.717) is 12.6 Å². The number of benzene rings is 1. The van der Waals surface area contributed by atoms with Crippen molar-refractivity contribution < 1.29 is 4.74 Å². The number of imidazole rings is 1. The standard InChI is InChI=1S/C22H26N4O/c1-2-10-22(27-16-15-25-14-12-23-18-25)19(7-1)17-26-13-6-4-9-21(26)20-8-3-5-11-24-20/h1-3,5,7-8,10-12,14,18,21H,4,6,9,13,15-17H2/t21-/m0/s1. The van der Waals surface area contributed by atoms with Gasteiger partial charge in [0, 0.05) is 30.7 Å². The van der Waals surface area contributed by atoms with Gasteiger partial charge in [0.1, 0.15) is 12.4 Å². The van der Waals surface area contributed by atoms with E-state index < -0.39 is 0 Å². The number of hydrogen-bond donors (Lipinski definition) is 0. The monoisotopic (exact) mass is 362 g/mol. The fourth-order valence-corrected chi connectivity index (χ4v) is 3.76. The Morgan fingerprint density at radius 1 is 1.04 bits per heavy atom. The summed E-state index contributed by atoms with van der Waals surface area (Å²) < 4.78 is 8.13. The van der Waals surface area contributed by atoms with Gasteiger partial charge in [0.05, 0.1) is 24.6 Å². The predicted octanol–water partition coefficient (Wildman–Crippen LogP) is 4.08. The molecule has 1 aromatic carbocycles. The molecule has 3 aromatic rings. The molecule has 1 fully saturated rings. The fourth-order valence-electron chi connectivity index (χ4n) is 3.76. The molecule has 0 aliphatic carbocycles. The molecule has 4 rings (SSSR count). The summed E-state index contributed by atoms with van der Waals surface area (Å²) in [5.41, 5.74) is 2.42. The Bertz CT molecular complexity index is 819. The van der Waals surface area contributed by atoms with Gasteiger partial charge in [0.25, 0.3) is 0 Å². The summed E-state index contributed by atoms with van der Waals surface area (Å²) in [4.78, 5) is 11.2. The van der Waals surface area contributed by atoms with Crippen LogP contribution >= 0.6 is 0 Å². The van der Waals surface area contributed by atoms with Gasteiger partial charge in [-0.2, -0.15) is 0 Å². The number of pyridine rings is 1. The number of ether oxygens (including phenoxy) is 1. The highest BCUT2D eigenvalue weighted by atomic mass is 16.5. The Balaban J connectivity index is 1.44. The molecule has 140 valence electrons. The summed E-state index contributed by atoms with van der Waals surface area (Å²) in [5.74, 6) is 0.975. The number of rotatable bonds is 7. The molecule has 0 unspecified atom stereocenters. The van der Waals surface area contributed by atoms with Crippen molar-refractivity contribution in [1.82, 2.24) is 19.4 Å². The van der Waals surface area contributed by atoms with Crippen LogP contribution in [0, 0.1) is 0 Å². The zero-order valence-corrected chi connectivity index (χ0v) is 15.6. The van der Waals surface area contributed by atoms with E-state index >= 15 is 0 Å². The summed E-state index contributed by atoms with van der Waals surface area (Å²) in [6, 6.07) is 15.0. The maximum atomic E-state index is 6.10. The highest BCUT2D eigenvalue weighted by Gasteiger charge is 2.25. The lowest BCUT2D eigenvalue weighted by molar-refractivity contribution is 0.135. The average Bonchev–Trinajstić information content (AvgIpc) is 3.24.